The first-order valence-corrected chi connectivity index (χ1v) is 11.5. The highest BCUT2D eigenvalue weighted by Gasteiger charge is 2.27. The number of benzene rings is 1. The fourth-order valence-electron chi connectivity index (χ4n) is 4.44. The van der Waals surface area contributed by atoms with E-state index >= 15 is 0 Å². The minimum atomic E-state index is -0.519. The van der Waals surface area contributed by atoms with Crippen molar-refractivity contribution in [2.45, 2.75) is 57.2 Å². The van der Waals surface area contributed by atoms with Crippen molar-refractivity contribution in [2.24, 2.45) is 0 Å². The molecule has 0 bridgehead atoms. The van der Waals surface area contributed by atoms with Crippen molar-refractivity contribution in [3.05, 3.63) is 57.8 Å². The predicted octanol–water partition coefficient (Wildman–Crippen LogP) is 3.41. The van der Waals surface area contributed by atoms with Crippen LogP contribution in [0.15, 0.2) is 41.8 Å². The van der Waals surface area contributed by atoms with Crippen LogP contribution in [0, 0.1) is 0 Å². The summed E-state index contributed by atoms with van der Waals surface area (Å²) < 4.78 is 0. The molecule has 5 nitrogen and oxygen atoms in total. The van der Waals surface area contributed by atoms with Gasteiger partial charge in [0.05, 0.1) is 6.04 Å². The molecule has 2 amide bonds. The first kappa shape index (κ1) is 20.1. The molecular weight excluding hydrogens is 382 g/mol. The lowest BCUT2D eigenvalue weighted by Crippen LogP contribution is -2.47. The van der Waals surface area contributed by atoms with Gasteiger partial charge < -0.3 is 10.6 Å². The van der Waals surface area contributed by atoms with Crippen molar-refractivity contribution in [1.82, 2.24) is 15.5 Å². The van der Waals surface area contributed by atoms with Gasteiger partial charge in [0.2, 0.25) is 0 Å². The third kappa shape index (κ3) is 5.06. The number of hydrogen-bond acceptors (Lipinski definition) is 4. The maximum absolute atomic E-state index is 12.4. The van der Waals surface area contributed by atoms with E-state index in [0.717, 1.165) is 45.2 Å². The van der Waals surface area contributed by atoms with Gasteiger partial charge in [0.15, 0.2) is 0 Å². The van der Waals surface area contributed by atoms with Gasteiger partial charge >= 0.3 is 11.8 Å². The number of carbonyl (C=O) groups is 2. The summed E-state index contributed by atoms with van der Waals surface area (Å²) >= 11 is 1.70. The van der Waals surface area contributed by atoms with Gasteiger partial charge in [-0.2, -0.15) is 0 Å². The Morgan fingerprint density at radius 3 is 2.59 bits per heavy atom. The van der Waals surface area contributed by atoms with Crippen LogP contribution >= 0.6 is 11.3 Å². The van der Waals surface area contributed by atoms with Gasteiger partial charge in [-0.05, 0) is 41.8 Å². The van der Waals surface area contributed by atoms with Crippen LogP contribution < -0.4 is 10.6 Å². The number of nitrogens with zero attached hydrogens (tertiary/aromatic N) is 1. The van der Waals surface area contributed by atoms with Crippen LogP contribution in [0.5, 0.6) is 0 Å². The minimum absolute atomic E-state index is 0.0785. The van der Waals surface area contributed by atoms with Gasteiger partial charge in [0.25, 0.3) is 0 Å². The number of rotatable bonds is 5. The molecule has 1 aromatic carbocycles. The molecule has 6 heteroatoms. The van der Waals surface area contributed by atoms with Crippen molar-refractivity contribution < 1.29 is 9.59 Å². The van der Waals surface area contributed by atoms with E-state index in [1.54, 1.807) is 11.3 Å². The number of fused-ring (bicyclic) bond motifs is 1. The fraction of sp³-hybridized carbons (Fsp3) is 0.478. The summed E-state index contributed by atoms with van der Waals surface area (Å²) in [6, 6.07) is 12.9. The molecule has 0 unspecified atom stereocenters. The third-order valence-corrected chi connectivity index (χ3v) is 7.05. The zero-order chi connectivity index (χ0) is 20.1. The van der Waals surface area contributed by atoms with Gasteiger partial charge in [-0.25, -0.2) is 0 Å². The summed E-state index contributed by atoms with van der Waals surface area (Å²) in [5, 5.41) is 7.87. The highest BCUT2D eigenvalue weighted by molar-refractivity contribution is 7.10. The Labute approximate surface area is 176 Å². The molecule has 0 saturated heterocycles. The molecule has 2 heterocycles. The van der Waals surface area contributed by atoms with Gasteiger partial charge in [-0.15, -0.1) is 11.3 Å². The maximum atomic E-state index is 12.4. The summed E-state index contributed by atoms with van der Waals surface area (Å²) in [5.74, 6) is -1.01. The fourth-order valence-corrected chi connectivity index (χ4v) is 5.30. The SMILES string of the molecule is O=C(NC[C@@H](c1cccs1)N1CCc2ccccc2C1)C(=O)NC1CCCCC1. The van der Waals surface area contributed by atoms with E-state index in [1.165, 1.54) is 22.4 Å². The Morgan fingerprint density at radius 2 is 1.83 bits per heavy atom. The second-order valence-corrected chi connectivity index (χ2v) is 9.02. The van der Waals surface area contributed by atoms with Gasteiger partial charge in [0, 0.05) is 30.6 Å². The highest BCUT2D eigenvalue weighted by atomic mass is 32.1. The first-order valence-electron chi connectivity index (χ1n) is 10.6. The summed E-state index contributed by atoms with van der Waals surface area (Å²) in [4.78, 5) is 28.4. The maximum Gasteiger partial charge on any atom is 0.309 e. The Kier molecular flexibility index (Phi) is 6.62. The smallest absolute Gasteiger partial charge is 0.309 e. The van der Waals surface area contributed by atoms with Crippen molar-refractivity contribution in [1.29, 1.82) is 0 Å². The normalized spacial score (nSPS) is 18.6. The largest absolute Gasteiger partial charge is 0.346 e. The van der Waals surface area contributed by atoms with Crippen LogP contribution in [0.2, 0.25) is 0 Å². The molecule has 1 aliphatic carbocycles. The lowest BCUT2D eigenvalue weighted by atomic mass is 9.95. The molecule has 4 rings (SSSR count). The van der Waals surface area contributed by atoms with Crippen LogP contribution in [-0.4, -0.2) is 35.8 Å². The lowest BCUT2D eigenvalue weighted by Gasteiger charge is -2.35. The Morgan fingerprint density at radius 1 is 1.03 bits per heavy atom. The van der Waals surface area contributed by atoms with Crippen LogP contribution in [0.4, 0.5) is 0 Å². The predicted molar refractivity (Wildman–Crippen MR) is 116 cm³/mol. The highest BCUT2D eigenvalue weighted by Crippen LogP contribution is 2.30. The minimum Gasteiger partial charge on any atom is -0.346 e. The van der Waals surface area contributed by atoms with E-state index < -0.39 is 11.8 Å². The summed E-state index contributed by atoms with van der Waals surface area (Å²) in [7, 11) is 0. The first-order chi connectivity index (χ1) is 14.2. The van der Waals surface area contributed by atoms with Gasteiger partial charge in [0.1, 0.15) is 0 Å². The summed E-state index contributed by atoms with van der Waals surface area (Å²) in [5.41, 5.74) is 2.76. The summed E-state index contributed by atoms with van der Waals surface area (Å²) in [6.07, 6.45) is 6.44. The molecule has 1 aliphatic heterocycles. The molecular formula is C23H29N3O2S. The molecule has 1 fully saturated rings. The summed E-state index contributed by atoms with van der Waals surface area (Å²) in [6.45, 7) is 2.26. The van der Waals surface area contributed by atoms with E-state index in [4.69, 9.17) is 0 Å². The third-order valence-electron chi connectivity index (χ3n) is 6.08. The molecule has 154 valence electrons. The second kappa shape index (κ2) is 9.55. The monoisotopic (exact) mass is 411 g/mol. The molecule has 2 aromatic rings. The molecule has 0 radical (unpaired) electrons. The van der Waals surface area contributed by atoms with Crippen LogP contribution in [0.1, 0.15) is 54.1 Å². The number of carbonyl (C=O) groups excluding carboxylic acids is 2. The average molecular weight is 412 g/mol. The van der Waals surface area contributed by atoms with Crippen LogP contribution in [0.3, 0.4) is 0 Å². The van der Waals surface area contributed by atoms with E-state index in [9.17, 15) is 9.59 Å². The Balaban J connectivity index is 1.38. The zero-order valence-electron chi connectivity index (χ0n) is 16.7. The van der Waals surface area contributed by atoms with Gasteiger partial charge in [-0.1, -0.05) is 49.6 Å². The van der Waals surface area contributed by atoms with Crippen LogP contribution in [-0.2, 0) is 22.6 Å². The van der Waals surface area contributed by atoms with Crippen molar-refractivity contribution in [3.63, 3.8) is 0 Å². The lowest BCUT2D eigenvalue weighted by molar-refractivity contribution is -0.139. The second-order valence-electron chi connectivity index (χ2n) is 8.04. The molecule has 2 N–H and O–H groups in total. The molecule has 1 aromatic heterocycles. The Hall–Kier alpha value is -2.18. The molecule has 2 aliphatic rings. The number of thiophene rings is 1. The van der Waals surface area contributed by atoms with Crippen molar-refractivity contribution in [3.8, 4) is 0 Å². The molecule has 0 spiro atoms. The zero-order valence-corrected chi connectivity index (χ0v) is 17.5. The molecule has 1 saturated carbocycles. The van der Waals surface area contributed by atoms with Crippen LogP contribution in [0.25, 0.3) is 0 Å². The average Bonchev–Trinajstić information content (AvgIpc) is 3.29. The topological polar surface area (TPSA) is 61.4 Å². The number of nitrogens with one attached hydrogen (secondary N) is 2. The van der Waals surface area contributed by atoms with E-state index in [0.29, 0.717) is 6.54 Å². The number of amides is 2. The molecule has 1 atom stereocenters. The standard InChI is InChI=1S/C23H29N3O2S/c27-22(23(28)25-19-9-2-1-3-10-19)24-15-20(21-11-6-14-29-21)26-13-12-17-7-4-5-8-18(17)16-26/h4-8,11,14,19-20H,1-3,9-10,12-13,15-16H2,(H,24,27)(H,25,28)/t20-/m0/s1. The Bertz CT molecular complexity index is 830. The number of hydrogen-bond donors (Lipinski definition) is 2. The molecule has 29 heavy (non-hydrogen) atoms. The van der Waals surface area contributed by atoms with E-state index in [2.05, 4.69) is 51.2 Å². The van der Waals surface area contributed by atoms with E-state index in [-0.39, 0.29) is 12.1 Å². The van der Waals surface area contributed by atoms with Gasteiger partial charge in [-0.3, -0.25) is 14.5 Å². The quantitative estimate of drug-likeness (QED) is 0.741. The van der Waals surface area contributed by atoms with Crippen molar-refractivity contribution in [2.75, 3.05) is 13.1 Å². The van der Waals surface area contributed by atoms with E-state index in [1.807, 2.05) is 6.07 Å². The van der Waals surface area contributed by atoms with Crippen molar-refractivity contribution >= 4 is 23.2 Å².